The van der Waals surface area contributed by atoms with Crippen LogP contribution in [-0.2, 0) is 0 Å². The molecule has 1 unspecified atom stereocenters. The monoisotopic (exact) mass is 259 g/mol. The maximum Gasteiger partial charge on any atom is 0.194 e. The lowest BCUT2D eigenvalue weighted by Gasteiger charge is -2.29. The van der Waals surface area contributed by atoms with Gasteiger partial charge in [0, 0.05) is 25.2 Å². The van der Waals surface area contributed by atoms with E-state index < -0.39 is 0 Å². The molecule has 0 saturated carbocycles. The molecule has 0 aliphatic rings. The second-order valence-corrected chi connectivity index (χ2v) is 5.54. The van der Waals surface area contributed by atoms with Crippen LogP contribution in [0.4, 0.5) is 0 Å². The van der Waals surface area contributed by atoms with Gasteiger partial charge in [-0.15, -0.1) is 0 Å². The van der Waals surface area contributed by atoms with Gasteiger partial charge in [0.15, 0.2) is 5.96 Å². The molecule has 0 aliphatic heterocycles. The quantitative estimate of drug-likeness (QED) is 0.436. The molecule has 0 fully saturated rings. The van der Waals surface area contributed by atoms with Crippen molar-refractivity contribution < 1.29 is 0 Å². The molecular weight excluding hydrogens is 230 g/mol. The van der Waals surface area contributed by atoms with E-state index in [0.29, 0.717) is 18.0 Å². The van der Waals surface area contributed by atoms with Gasteiger partial charge in [-0.3, -0.25) is 4.99 Å². The van der Waals surface area contributed by atoms with Crippen molar-refractivity contribution >= 4 is 18.6 Å². The molecule has 0 radical (unpaired) electrons. The number of rotatable bonds is 6. The molecule has 0 heterocycles. The Balaban J connectivity index is 4.72. The molecule has 1 atom stereocenters. The minimum Gasteiger partial charge on any atom is -0.354 e. The molecule has 0 aromatic heterocycles. The molecule has 102 valence electrons. The molecule has 0 bridgehead atoms. The number of thiol groups is 1. The van der Waals surface area contributed by atoms with Gasteiger partial charge in [0.2, 0.25) is 0 Å². The highest BCUT2D eigenvalue weighted by atomic mass is 32.1. The third-order valence-corrected chi connectivity index (χ3v) is 2.95. The highest BCUT2D eigenvalue weighted by Gasteiger charge is 2.13. The lowest BCUT2D eigenvalue weighted by atomic mass is 10.2. The van der Waals surface area contributed by atoms with E-state index >= 15 is 0 Å². The lowest BCUT2D eigenvalue weighted by molar-refractivity contribution is 0.366. The van der Waals surface area contributed by atoms with Crippen LogP contribution >= 0.6 is 12.6 Å². The normalized spacial score (nSPS) is 14.3. The average molecular weight is 259 g/mol. The van der Waals surface area contributed by atoms with Gasteiger partial charge in [0.05, 0.1) is 0 Å². The van der Waals surface area contributed by atoms with Gasteiger partial charge >= 0.3 is 0 Å². The third-order valence-electron chi connectivity index (χ3n) is 2.32. The molecule has 3 nitrogen and oxygen atoms in total. The minimum absolute atomic E-state index is 0.316. The van der Waals surface area contributed by atoms with Crippen molar-refractivity contribution in [2.75, 3.05) is 18.8 Å². The third kappa shape index (κ3) is 7.53. The van der Waals surface area contributed by atoms with Crippen LogP contribution in [0.3, 0.4) is 0 Å². The van der Waals surface area contributed by atoms with E-state index in [1.54, 1.807) is 0 Å². The minimum atomic E-state index is 0.316. The van der Waals surface area contributed by atoms with Crippen molar-refractivity contribution in [1.29, 1.82) is 0 Å². The molecule has 0 rings (SSSR count). The maximum atomic E-state index is 4.68. The Hall–Kier alpha value is -0.380. The SMILES string of the molecule is CCN(CC(C)CS)C(=NC(C)C)NC(C)C. The molecular formula is C13H29N3S. The zero-order valence-corrected chi connectivity index (χ0v) is 13.1. The number of aliphatic imine (C=N–C) groups is 1. The first-order valence-electron chi connectivity index (χ1n) is 6.60. The number of hydrogen-bond acceptors (Lipinski definition) is 2. The van der Waals surface area contributed by atoms with Gasteiger partial charge in [0.25, 0.3) is 0 Å². The Kier molecular flexibility index (Phi) is 8.48. The first-order chi connectivity index (χ1) is 7.90. The molecule has 0 spiro atoms. The Morgan fingerprint density at radius 1 is 1.24 bits per heavy atom. The summed E-state index contributed by atoms with van der Waals surface area (Å²) in [4.78, 5) is 6.99. The van der Waals surface area contributed by atoms with Crippen LogP contribution in [-0.4, -0.2) is 41.8 Å². The summed E-state index contributed by atoms with van der Waals surface area (Å²) in [5.74, 6) is 2.50. The largest absolute Gasteiger partial charge is 0.354 e. The summed E-state index contributed by atoms with van der Waals surface area (Å²) in [5.41, 5.74) is 0. The van der Waals surface area contributed by atoms with Crippen molar-refractivity contribution in [1.82, 2.24) is 10.2 Å². The highest BCUT2D eigenvalue weighted by Crippen LogP contribution is 2.04. The van der Waals surface area contributed by atoms with Crippen LogP contribution in [0.2, 0.25) is 0 Å². The molecule has 17 heavy (non-hydrogen) atoms. The number of guanidine groups is 1. The van der Waals surface area contributed by atoms with Crippen LogP contribution in [0, 0.1) is 5.92 Å². The Labute approximate surface area is 112 Å². The van der Waals surface area contributed by atoms with Gasteiger partial charge in [0.1, 0.15) is 0 Å². The average Bonchev–Trinajstić information content (AvgIpc) is 2.23. The summed E-state index contributed by atoms with van der Waals surface area (Å²) in [6.07, 6.45) is 0. The van der Waals surface area contributed by atoms with Crippen molar-refractivity contribution in [3.8, 4) is 0 Å². The fraction of sp³-hybridized carbons (Fsp3) is 0.923. The molecule has 0 aromatic rings. The van der Waals surface area contributed by atoms with E-state index in [9.17, 15) is 0 Å². The van der Waals surface area contributed by atoms with E-state index in [-0.39, 0.29) is 0 Å². The second-order valence-electron chi connectivity index (χ2n) is 5.17. The summed E-state index contributed by atoms with van der Waals surface area (Å²) in [6, 6.07) is 0.726. The maximum absolute atomic E-state index is 4.68. The first kappa shape index (κ1) is 16.6. The summed E-state index contributed by atoms with van der Waals surface area (Å²) < 4.78 is 0. The standard InChI is InChI=1S/C13H29N3S/c1-7-16(8-12(6)9-17)13(14-10(2)3)15-11(4)5/h10-12,17H,7-9H2,1-6H3,(H,14,15). The first-order valence-corrected chi connectivity index (χ1v) is 7.24. The van der Waals surface area contributed by atoms with Gasteiger partial charge < -0.3 is 10.2 Å². The van der Waals surface area contributed by atoms with E-state index in [2.05, 4.69) is 69.4 Å². The molecule has 4 heteroatoms. The van der Waals surface area contributed by atoms with Gasteiger partial charge in [-0.1, -0.05) is 6.92 Å². The number of nitrogens with one attached hydrogen (secondary N) is 1. The van der Waals surface area contributed by atoms with E-state index in [1.807, 2.05) is 0 Å². The van der Waals surface area contributed by atoms with Gasteiger partial charge in [-0.05, 0) is 46.3 Å². The fourth-order valence-electron chi connectivity index (χ4n) is 1.51. The van der Waals surface area contributed by atoms with Crippen LogP contribution in [0.5, 0.6) is 0 Å². The Morgan fingerprint density at radius 2 is 1.82 bits per heavy atom. The van der Waals surface area contributed by atoms with Crippen LogP contribution in [0.25, 0.3) is 0 Å². The summed E-state index contributed by atoms with van der Waals surface area (Å²) in [7, 11) is 0. The summed E-state index contributed by atoms with van der Waals surface area (Å²) >= 11 is 4.35. The lowest BCUT2D eigenvalue weighted by Crippen LogP contribution is -2.46. The number of nitrogens with zero attached hydrogens (tertiary/aromatic N) is 2. The summed E-state index contributed by atoms with van der Waals surface area (Å²) in [5, 5.41) is 3.44. The van der Waals surface area contributed by atoms with E-state index in [4.69, 9.17) is 0 Å². The number of hydrogen-bond donors (Lipinski definition) is 2. The molecule has 0 aromatic carbocycles. The summed E-state index contributed by atoms with van der Waals surface area (Å²) in [6.45, 7) is 14.9. The molecule has 0 amide bonds. The Morgan fingerprint density at radius 3 is 2.18 bits per heavy atom. The second kappa shape index (κ2) is 8.67. The van der Waals surface area contributed by atoms with Gasteiger partial charge in [-0.25, -0.2) is 0 Å². The predicted octanol–water partition coefficient (Wildman–Crippen LogP) is 2.64. The van der Waals surface area contributed by atoms with Crippen molar-refractivity contribution in [2.24, 2.45) is 10.9 Å². The Bertz CT molecular complexity index is 227. The highest BCUT2D eigenvalue weighted by molar-refractivity contribution is 7.80. The van der Waals surface area contributed by atoms with Crippen molar-refractivity contribution in [3.05, 3.63) is 0 Å². The zero-order chi connectivity index (χ0) is 13.4. The fourth-order valence-corrected chi connectivity index (χ4v) is 1.63. The van der Waals surface area contributed by atoms with Crippen LogP contribution < -0.4 is 5.32 Å². The van der Waals surface area contributed by atoms with Crippen molar-refractivity contribution in [3.63, 3.8) is 0 Å². The zero-order valence-electron chi connectivity index (χ0n) is 12.2. The molecule has 0 aliphatic carbocycles. The van der Waals surface area contributed by atoms with E-state index in [0.717, 1.165) is 24.8 Å². The predicted molar refractivity (Wildman–Crippen MR) is 81.1 cm³/mol. The van der Waals surface area contributed by atoms with Crippen LogP contribution in [0.15, 0.2) is 4.99 Å². The van der Waals surface area contributed by atoms with Crippen molar-refractivity contribution in [2.45, 2.75) is 53.6 Å². The molecule has 0 saturated heterocycles. The topological polar surface area (TPSA) is 27.6 Å². The molecule has 1 N–H and O–H groups in total. The van der Waals surface area contributed by atoms with Gasteiger partial charge in [-0.2, -0.15) is 12.6 Å². The van der Waals surface area contributed by atoms with E-state index in [1.165, 1.54) is 0 Å². The van der Waals surface area contributed by atoms with Crippen LogP contribution in [0.1, 0.15) is 41.5 Å². The smallest absolute Gasteiger partial charge is 0.194 e.